The first-order valence-electron chi connectivity index (χ1n) is 9.23. The number of carbonyl (C=O) groups excluding carboxylic acids is 1. The van der Waals surface area contributed by atoms with Crippen LogP contribution >= 0.6 is 0 Å². The normalized spacial score (nSPS) is 17.0. The summed E-state index contributed by atoms with van der Waals surface area (Å²) in [4.78, 5) is 21.4. The first kappa shape index (κ1) is 17.5. The molecule has 0 radical (unpaired) electrons. The van der Waals surface area contributed by atoms with E-state index in [1.165, 1.54) is 0 Å². The van der Waals surface area contributed by atoms with Gasteiger partial charge in [0.25, 0.3) is 5.91 Å². The van der Waals surface area contributed by atoms with Crippen molar-refractivity contribution in [3.05, 3.63) is 60.3 Å². The molecule has 1 amide bonds. The molecule has 0 unspecified atom stereocenters. The number of anilines is 1. The average Bonchev–Trinajstić information content (AvgIpc) is 3.18. The van der Waals surface area contributed by atoms with Gasteiger partial charge in [0.2, 0.25) is 0 Å². The average molecular weight is 360 g/mol. The topological polar surface area (TPSA) is 62.5 Å². The van der Waals surface area contributed by atoms with Crippen LogP contribution in [0, 0.1) is 0 Å². The van der Waals surface area contributed by atoms with Crippen LogP contribution in [0.3, 0.4) is 0 Å². The van der Waals surface area contributed by atoms with Gasteiger partial charge in [-0.3, -0.25) is 9.78 Å². The second-order valence-corrected chi connectivity index (χ2v) is 7.37. The maximum atomic E-state index is 12.9. The molecule has 1 aliphatic heterocycles. The summed E-state index contributed by atoms with van der Waals surface area (Å²) in [6.07, 6.45) is 2.74. The Kier molecular flexibility index (Phi) is 4.54. The molecule has 0 aliphatic carbocycles. The van der Waals surface area contributed by atoms with Gasteiger partial charge in [-0.1, -0.05) is 18.2 Å². The molecule has 0 bridgehead atoms. The number of likely N-dealkylation sites (N-methyl/N-ethyl adjacent to an activating group) is 1. The summed E-state index contributed by atoms with van der Waals surface area (Å²) < 4.78 is 0. The van der Waals surface area contributed by atoms with Gasteiger partial charge in [0.1, 0.15) is 0 Å². The molecule has 0 spiro atoms. The van der Waals surface area contributed by atoms with Gasteiger partial charge in [-0.05, 0) is 62.0 Å². The van der Waals surface area contributed by atoms with Crippen LogP contribution < -0.4 is 5.73 Å². The third kappa shape index (κ3) is 3.38. The van der Waals surface area contributed by atoms with Gasteiger partial charge in [-0.15, -0.1) is 0 Å². The van der Waals surface area contributed by atoms with E-state index in [2.05, 4.69) is 24.0 Å². The van der Waals surface area contributed by atoms with Crippen LogP contribution in [0.15, 0.2) is 54.7 Å². The number of likely N-dealkylation sites (tertiary alicyclic amines) is 1. The number of nitrogens with two attached hydrogens (primary N) is 1. The fourth-order valence-corrected chi connectivity index (χ4v) is 3.71. The molecule has 1 aliphatic rings. The Balaban J connectivity index is 1.63. The number of fused-ring (bicyclic) bond motifs is 1. The fraction of sp³-hybridized carbons (Fsp3) is 0.273. The van der Waals surface area contributed by atoms with Gasteiger partial charge in [0, 0.05) is 42.0 Å². The van der Waals surface area contributed by atoms with Crippen LogP contribution in [0.5, 0.6) is 0 Å². The largest absolute Gasteiger partial charge is 0.398 e. The SMILES string of the molecule is CN(C)[C@@H]1CCN(C(=O)c2cccc(-c3ccc4nccc(N)c4c3)c2)C1. The summed E-state index contributed by atoms with van der Waals surface area (Å²) in [5, 5.41) is 0.931. The number of benzene rings is 2. The van der Waals surface area contributed by atoms with Gasteiger partial charge >= 0.3 is 0 Å². The number of nitrogen functional groups attached to an aromatic ring is 1. The smallest absolute Gasteiger partial charge is 0.253 e. The number of aromatic nitrogens is 1. The van der Waals surface area contributed by atoms with E-state index in [-0.39, 0.29) is 5.91 Å². The van der Waals surface area contributed by atoms with E-state index in [0.29, 0.717) is 11.7 Å². The Morgan fingerprint density at radius 2 is 1.96 bits per heavy atom. The van der Waals surface area contributed by atoms with Gasteiger partial charge < -0.3 is 15.5 Å². The van der Waals surface area contributed by atoms with Crippen molar-refractivity contribution in [2.45, 2.75) is 12.5 Å². The molecule has 2 N–H and O–H groups in total. The van der Waals surface area contributed by atoms with Crippen LogP contribution in [0.1, 0.15) is 16.8 Å². The summed E-state index contributed by atoms with van der Waals surface area (Å²) in [5.41, 5.74) is 10.4. The number of pyridine rings is 1. The molecule has 5 heteroatoms. The zero-order valence-corrected chi connectivity index (χ0v) is 15.7. The number of nitrogens with zero attached hydrogens (tertiary/aromatic N) is 3. The number of rotatable bonds is 3. The highest BCUT2D eigenvalue weighted by molar-refractivity contribution is 5.97. The molecule has 27 heavy (non-hydrogen) atoms. The molecule has 4 rings (SSSR count). The number of hydrogen-bond donors (Lipinski definition) is 1. The zero-order chi connectivity index (χ0) is 19.0. The van der Waals surface area contributed by atoms with Gasteiger partial charge in [0.05, 0.1) is 5.52 Å². The van der Waals surface area contributed by atoms with Gasteiger partial charge in [-0.25, -0.2) is 0 Å². The number of carbonyl (C=O) groups is 1. The summed E-state index contributed by atoms with van der Waals surface area (Å²) >= 11 is 0. The molecule has 1 atom stereocenters. The van der Waals surface area contributed by atoms with Crippen LogP contribution in [0.25, 0.3) is 22.0 Å². The van der Waals surface area contributed by atoms with E-state index in [9.17, 15) is 4.79 Å². The lowest BCUT2D eigenvalue weighted by Crippen LogP contribution is -2.34. The van der Waals surface area contributed by atoms with E-state index >= 15 is 0 Å². The molecule has 1 aromatic heterocycles. The number of hydrogen-bond acceptors (Lipinski definition) is 4. The first-order valence-corrected chi connectivity index (χ1v) is 9.23. The lowest BCUT2D eigenvalue weighted by atomic mass is 10.0. The Bertz CT molecular complexity index is 999. The van der Waals surface area contributed by atoms with Crippen molar-refractivity contribution >= 4 is 22.5 Å². The van der Waals surface area contributed by atoms with E-state index in [1.807, 2.05) is 47.4 Å². The lowest BCUT2D eigenvalue weighted by Gasteiger charge is -2.20. The minimum atomic E-state index is 0.100. The van der Waals surface area contributed by atoms with E-state index in [0.717, 1.165) is 47.1 Å². The Morgan fingerprint density at radius 3 is 2.74 bits per heavy atom. The summed E-state index contributed by atoms with van der Waals surface area (Å²) in [5.74, 6) is 0.100. The molecule has 138 valence electrons. The highest BCUT2D eigenvalue weighted by Crippen LogP contribution is 2.28. The van der Waals surface area contributed by atoms with Crippen molar-refractivity contribution in [3.63, 3.8) is 0 Å². The molecule has 5 nitrogen and oxygen atoms in total. The second kappa shape index (κ2) is 7.00. The molecule has 1 saturated heterocycles. The Labute approximate surface area is 159 Å². The first-order chi connectivity index (χ1) is 13.0. The minimum Gasteiger partial charge on any atom is -0.398 e. The van der Waals surface area contributed by atoms with Crippen LogP contribution in [0.4, 0.5) is 5.69 Å². The summed E-state index contributed by atoms with van der Waals surface area (Å²) in [6.45, 7) is 1.60. The quantitative estimate of drug-likeness (QED) is 0.779. The molecule has 1 fully saturated rings. The van der Waals surface area contributed by atoms with E-state index < -0.39 is 0 Å². The minimum absolute atomic E-state index is 0.100. The highest BCUT2D eigenvalue weighted by atomic mass is 16.2. The maximum absolute atomic E-state index is 12.9. The van der Waals surface area contributed by atoms with Crippen molar-refractivity contribution in [1.29, 1.82) is 0 Å². The van der Waals surface area contributed by atoms with Crippen molar-refractivity contribution in [2.75, 3.05) is 32.9 Å². The van der Waals surface area contributed by atoms with Crippen molar-refractivity contribution in [1.82, 2.24) is 14.8 Å². The van der Waals surface area contributed by atoms with Crippen LogP contribution in [-0.2, 0) is 0 Å². The van der Waals surface area contributed by atoms with Crippen molar-refractivity contribution in [3.8, 4) is 11.1 Å². The third-order valence-corrected chi connectivity index (χ3v) is 5.40. The monoisotopic (exact) mass is 360 g/mol. The molecule has 2 heterocycles. The molecule has 3 aromatic rings. The van der Waals surface area contributed by atoms with Crippen molar-refractivity contribution < 1.29 is 4.79 Å². The molecule has 0 saturated carbocycles. The zero-order valence-electron chi connectivity index (χ0n) is 15.7. The molecular weight excluding hydrogens is 336 g/mol. The third-order valence-electron chi connectivity index (χ3n) is 5.40. The Morgan fingerprint density at radius 1 is 1.15 bits per heavy atom. The molecular formula is C22H24N4O. The predicted molar refractivity (Wildman–Crippen MR) is 110 cm³/mol. The van der Waals surface area contributed by atoms with Gasteiger partial charge in [0.15, 0.2) is 0 Å². The number of amides is 1. The lowest BCUT2D eigenvalue weighted by molar-refractivity contribution is 0.0783. The predicted octanol–water partition coefficient (Wildman–Crippen LogP) is 3.26. The Hall–Kier alpha value is -2.92. The second-order valence-electron chi connectivity index (χ2n) is 7.37. The standard InChI is InChI=1S/C22H24N4O/c1-25(2)18-9-11-26(14-18)22(27)17-5-3-4-15(12-17)16-6-7-21-19(13-16)20(23)8-10-24-21/h3-8,10,12-13,18H,9,11,14H2,1-2H3,(H2,23,24)/t18-/m1/s1. The fourth-order valence-electron chi connectivity index (χ4n) is 3.71. The summed E-state index contributed by atoms with van der Waals surface area (Å²) in [7, 11) is 4.14. The molecule has 2 aromatic carbocycles. The van der Waals surface area contributed by atoms with Crippen LogP contribution in [0.2, 0.25) is 0 Å². The summed E-state index contributed by atoms with van der Waals surface area (Å²) in [6, 6.07) is 16.1. The van der Waals surface area contributed by atoms with E-state index in [4.69, 9.17) is 5.73 Å². The van der Waals surface area contributed by atoms with Crippen LogP contribution in [-0.4, -0.2) is 53.9 Å². The van der Waals surface area contributed by atoms with Crippen molar-refractivity contribution in [2.24, 2.45) is 0 Å². The van der Waals surface area contributed by atoms with E-state index in [1.54, 1.807) is 12.3 Å². The highest BCUT2D eigenvalue weighted by Gasteiger charge is 2.28. The van der Waals surface area contributed by atoms with Gasteiger partial charge in [-0.2, -0.15) is 0 Å². The maximum Gasteiger partial charge on any atom is 0.253 e.